The molecule has 0 spiro atoms. The first kappa shape index (κ1) is 44.0. The number of hydrogen-bond acceptors (Lipinski definition) is 1. The summed E-state index contributed by atoms with van der Waals surface area (Å²) >= 11 is 0. The zero-order valence-corrected chi connectivity index (χ0v) is 42.3. The predicted octanol–water partition coefficient (Wildman–Crippen LogP) is 19.1. The molecule has 1 heteroatoms. The van der Waals surface area contributed by atoms with Gasteiger partial charge < -0.3 is 4.90 Å². The van der Waals surface area contributed by atoms with Crippen LogP contribution in [0.15, 0.2) is 261 Å². The number of fused-ring (bicyclic) bond motifs is 9. The van der Waals surface area contributed by atoms with Crippen LogP contribution in [0, 0.1) is 0 Å². The van der Waals surface area contributed by atoms with E-state index in [9.17, 15) is 0 Å². The van der Waals surface area contributed by atoms with Crippen LogP contribution in [0.2, 0.25) is 0 Å². The number of benzene rings is 11. The molecule has 0 heterocycles. The molecule has 74 heavy (non-hydrogen) atoms. The molecule has 1 nitrogen and oxygen atoms in total. The Morgan fingerprint density at radius 2 is 0.595 bits per heavy atom. The minimum absolute atomic E-state index is 0.122. The summed E-state index contributed by atoms with van der Waals surface area (Å²) in [4.78, 5) is 2.47. The Morgan fingerprint density at radius 1 is 0.230 bits per heavy atom. The van der Waals surface area contributed by atoms with Crippen molar-refractivity contribution in [3.63, 3.8) is 0 Å². The zero-order valence-electron chi connectivity index (χ0n) is 42.3. The number of rotatable bonds is 8. The molecule has 3 aliphatic rings. The van der Waals surface area contributed by atoms with Crippen molar-refractivity contribution in [2.75, 3.05) is 4.90 Å². The van der Waals surface area contributed by atoms with Gasteiger partial charge >= 0.3 is 0 Å². The summed E-state index contributed by atoms with van der Waals surface area (Å²) < 4.78 is 0. The average Bonchev–Trinajstić information content (AvgIpc) is 4.02. The number of hydrogen-bond donors (Lipinski definition) is 0. The summed E-state index contributed by atoms with van der Waals surface area (Å²) in [6.07, 6.45) is 0. The van der Waals surface area contributed by atoms with Crippen molar-refractivity contribution in [2.24, 2.45) is 0 Å². The lowest BCUT2D eigenvalue weighted by atomic mass is 9.67. The molecule has 0 radical (unpaired) electrons. The van der Waals surface area contributed by atoms with Crippen LogP contribution < -0.4 is 4.90 Å². The molecule has 11 aromatic carbocycles. The monoisotopic (exact) mass is 945 g/mol. The third-order valence-electron chi connectivity index (χ3n) is 17.0. The fraction of sp³-hybridized carbons (Fsp3) is 0.0959. The van der Waals surface area contributed by atoms with E-state index in [1.165, 1.54) is 111 Å². The van der Waals surface area contributed by atoms with Crippen molar-refractivity contribution in [2.45, 2.75) is 43.9 Å². The molecule has 352 valence electrons. The van der Waals surface area contributed by atoms with Gasteiger partial charge in [-0.3, -0.25) is 0 Å². The van der Waals surface area contributed by atoms with Crippen LogP contribution >= 0.6 is 0 Å². The largest absolute Gasteiger partial charge is 0.310 e. The molecule has 0 unspecified atom stereocenters. The minimum atomic E-state index is -0.507. The van der Waals surface area contributed by atoms with Crippen LogP contribution in [0.5, 0.6) is 0 Å². The molecule has 0 aliphatic heterocycles. The number of anilines is 3. The first-order valence-corrected chi connectivity index (χ1v) is 26.2. The van der Waals surface area contributed by atoms with Gasteiger partial charge in [-0.25, -0.2) is 0 Å². The van der Waals surface area contributed by atoms with Gasteiger partial charge in [-0.1, -0.05) is 234 Å². The molecule has 0 atom stereocenters. The van der Waals surface area contributed by atoms with E-state index >= 15 is 0 Å². The third-order valence-corrected chi connectivity index (χ3v) is 17.0. The molecule has 11 aromatic rings. The topological polar surface area (TPSA) is 3.24 Å². The van der Waals surface area contributed by atoms with E-state index in [-0.39, 0.29) is 10.8 Å². The van der Waals surface area contributed by atoms with Gasteiger partial charge in [0.1, 0.15) is 0 Å². The minimum Gasteiger partial charge on any atom is -0.310 e. The second kappa shape index (κ2) is 16.6. The quantitative estimate of drug-likeness (QED) is 0.147. The predicted molar refractivity (Wildman–Crippen MR) is 310 cm³/mol. The van der Waals surface area contributed by atoms with Gasteiger partial charge in [0.25, 0.3) is 0 Å². The van der Waals surface area contributed by atoms with Crippen LogP contribution in [0.1, 0.15) is 72.2 Å². The van der Waals surface area contributed by atoms with Gasteiger partial charge in [0.15, 0.2) is 0 Å². The Balaban J connectivity index is 0.883. The maximum absolute atomic E-state index is 2.50. The number of nitrogens with zero attached hydrogens (tertiary/aromatic N) is 1. The van der Waals surface area contributed by atoms with Crippen LogP contribution in [0.4, 0.5) is 17.1 Å². The van der Waals surface area contributed by atoms with Crippen molar-refractivity contribution < 1.29 is 0 Å². The second-order valence-corrected chi connectivity index (χ2v) is 21.6. The molecule has 0 saturated heterocycles. The van der Waals surface area contributed by atoms with E-state index in [0.29, 0.717) is 0 Å². The van der Waals surface area contributed by atoms with Gasteiger partial charge in [-0.15, -0.1) is 0 Å². The fourth-order valence-corrected chi connectivity index (χ4v) is 13.2. The summed E-state index contributed by atoms with van der Waals surface area (Å²) in [7, 11) is 0. The Hall–Kier alpha value is -8.78. The highest BCUT2D eigenvalue weighted by molar-refractivity contribution is 5.93. The Bertz CT molecular complexity index is 3940. The molecule has 0 amide bonds. The van der Waals surface area contributed by atoms with Crippen LogP contribution in [0.25, 0.3) is 66.8 Å². The lowest BCUT2D eigenvalue weighted by Gasteiger charge is -2.34. The van der Waals surface area contributed by atoms with Gasteiger partial charge in [0, 0.05) is 27.9 Å². The molecule has 0 fully saturated rings. The zero-order chi connectivity index (χ0) is 49.8. The molecule has 0 bridgehead atoms. The Morgan fingerprint density at radius 3 is 1.16 bits per heavy atom. The van der Waals surface area contributed by atoms with Crippen molar-refractivity contribution in [3.8, 4) is 66.8 Å². The van der Waals surface area contributed by atoms with Crippen LogP contribution in [-0.4, -0.2) is 0 Å². The summed E-state index contributed by atoms with van der Waals surface area (Å²) in [5.74, 6) is 0. The summed E-state index contributed by atoms with van der Waals surface area (Å²) in [6, 6.07) is 97.7. The summed E-state index contributed by atoms with van der Waals surface area (Å²) in [5.41, 5.74) is 28.3. The van der Waals surface area contributed by atoms with E-state index in [4.69, 9.17) is 0 Å². The second-order valence-electron chi connectivity index (χ2n) is 21.6. The molecule has 0 saturated carbocycles. The average molecular weight is 946 g/mol. The molecule has 14 rings (SSSR count). The first-order chi connectivity index (χ1) is 36.2. The van der Waals surface area contributed by atoms with Gasteiger partial charge in [0.05, 0.1) is 5.41 Å². The molecular formula is C73H55N. The van der Waals surface area contributed by atoms with Gasteiger partial charge in [-0.05, 0) is 166 Å². The van der Waals surface area contributed by atoms with E-state index in [2.05, 4.69) is 293 Å². The van der Waals surface area contributed by atoms with Crippen molar-refractivity contribution in [1.82, 2.24) is 0 Å². The van der Waals surface area contributed by atoms with E-state index in [0.717, 1.165) is 17.1 Å². The Labute approximate surface area is 435 Å². The van der Waals surface area contributed by atoms with Crippen molar-refractivity contribution in [3.05, 3.63) is 305 Å². The SMILES string of the molecule is CC1(C)c2ccccc2-c2ccc(N(c3ccc(-c4ccccc4)cc3)c3ccc4c(c3)C(C)(C)c3cc(-c5ccc6c(c5)C(c5ccccc5)(c5ccccc5)c5ccc(-c7ccccc7)cc5-6)ccc3-4)cc21. The molecule has 3 aliphatic carbocycles. The first-order valence-electron chi connectivity index (χ1n) is 26.2. The lowest BCUT2D eigenvalue weighted by molar-refractivity contribution is 0.660. The normalized spacial score (nSPS) is 14.5. The van der Waals surface area contributed by atoms with Crippen molar-refractivity contribution >= 4 is 17.1 Å². The highest BCUT2D eigenvalue weighted by atomic mass is 15.1. The van der Waals surface area contributed by atoms with Gasteiger partial charge in [0.2, 0.25) is 0 Å². The van der Waals surface area contributed by atoms with Crippen LogP contribution in [-0.2, 0) is 16.2 Å². The van der Waals surface area contributed by atoms with Crippen LogP contribution in [0.3, 0.4) is 0 Å². The van der Waals surface area contributed by atoms with Crippen molar-refractivity contribution in [1.29, 1.82) is 0 Å². The lowest BCUT2D eigenvalue weighted by Crippen LogP contribution is -2.28. The molecule has 0 aromatic heterocycles. The smallest absolute Gasteiger partial charge is 0.0713 e. The van der Waals surface area contributed by atoms with E-state index in [1.807, 2.05) is 0 Å². The van der Waals surface area contributed by atoms with E-state index < -0.39 is 5.41 Å². The fourth-order valence-electron chi connectivity index (χ4n) is 13.2. The molecule has 0 N–H and O–H groups in total. The van der Waals surface area contributed by atoms with Gasteiger partial charge in [-0.2, -0.15) is 0 Å². The standard InChI is InChI=1S/C73H55N/c1-71(2)65-28-18-17-27-59(65)61-40-36-57(46-68(61)71)74(56-34-29-50(30-35-56)48-19-9-5-10-20-48)58-37-41-62-60-38-31-52(44-67(60)72(3,4)69(62)47-58)53-32-39-63-64-43-51(49-21-11-6-12-22-49)33-42-66(64)73(70(63)45-53,54-23-13-7-14-24-54)55-25-15-8-16-26-55/h5-47H,1-4H3. The third kappa shape index (κ3) is 6.56. The summed E-state index contributed by atoms with van der Waals surface area (Å²) in [5, 5.41) is 0. The molecular weight excluding hydrogens is 891 g/mol. The highest BCUT2D eigenvalue weighted by Gasteiger charge is 2.47. The maximum atomic E-state index is 2.50. The highest BCUT2D eigenvalue weighted by Crippen LogP contribution is 2.59. The summed E-state index contributed by atoms with van der Waals surface area (Å²) in [6.45, 7) is 9.57. The maximum Gasteiger partial charge on any atom is 0.0713 e. The Kier molecular flexibility index (Phi) is 9.88. The van der Waals surface area contributed by atoms with E-state index in [1.54, 1.807) is 0 Å².